The molecule has 0 bridgehead atoms. The molecule has 0 saturated carbocycles. The van der Waals surface area contributed by atoms with Gasteiger partial charge in [0, 0.05) is 5.92 Å². The first-order valence-electron chi connectivity index (χ1n) is 4.87. The first kappa shape index (κ1) is 9.98. The topological polar surface area (TPSA) is 72.6 Å². The van der Waals surface area contributed by atoms with Crippen LogP contribution < -0.4 is 10.5 Å². The summed E-state index contributed by atoms with van der Waals surface area (Å²) >= 11 is 0. The van der Waals surface area contributed by atoms with E-state index in [1.807, 2.05) is 24.3 Å². The van der Waals surface area contributed by atoms with Gasteiger partial charge in [0.2, 0.25) is 0 Å². The van der Waals surface area contributed by atoms with E-state index < -0.39 is 12.0 Å². The highest BCUT2D eigenvalue weighted by Gasteiger charge is 2.29. The van der Waals surface area contributed by atoms with Gasteiger partial charge in [0.05, 0.1) is 6.61 Å². The van der Waals surface area contributed by atoms with E-state index in [0.717, 1.165) is 11.3 Å². The number of aliphatic carboxylic acids is 1. The number of rotatable bonds is 2. The van der Waals surface area contributed by atoms with Gasteiger partial charge in [-0.05, 0) is 18.1 Å². The average molecular weight is 207 g/mol. The maximum Gasteiger partial charge on any atom is 0.320 e. The fourth-order valence-corrected chi connectivity index (χ4v) is 1.78. The smallest absolute Gasteiger partial charge is 0.320 e. The summed E-state index contributed by atoms with van der Waals surface area (Å²) in [5.74, 6) is -0.272. The van der Waals surface area contributed by atoms with E-state index in [4.69, 9.17) is 15.6 Å². The van der Waals surface area contributed by atoms with E-state index in [1.165, 1.54) is 0 Å². The quantitative estimate of drug-likeness (QED) is 0.746. The van der Waals surface area contributed by atoms with Crippen LogP contribution in [0.4, 0.5) is 0 Å². The first-order valence-corrected chi connectivity index (χ1v) is 4.87. The molecule has 2 rings (SSSR count). The van der Waals surface area contributed by atoms with Crippen molar-refractivity contribution in [2.75, 3.05) is 6.61 Å². The van der Waals surface area contributed by atoms with Crippen molar-refractivity contribution < 1.29 is 14.6 Å². The molecule has 4 heteroatoms. The Labute approximate surface area is 87.7 Å². The highest BCUT2D eigenvalue weighted by molar-refractivity contribution is 5.73. The second kappa shape index (κ2) is 3.90. The molecule has 0 fully saturated rings. The maximum atomic E-state index is 10.7. The normalized spacial score (nSPS) is 21.3. The molecular weight excluding hydrogens is 194 g/mol. The molecule has 1 aliphatic heterocycles. The van der Waals surface area contributed by atoms with Gasteiger partial charge in [0.15, 0.2) is 0 Å². The van der Waals surface area contributed by atoms with Crippen LogP contribution in [0.3, 0.4) is 0 Å². The van der Waals surface area contributed by atoms with E-state index in [-0.39, 0.29) is 5.92 Å². The molecule has 0 radical (unpaired) electrons. The number of carboxylic acid groups (broad SMARTS) is 1. The first-order chi connectivity index (χ1) is 7.18. The Balaban J connectivity index is 2.15. The Morgan fingerprint density at radius 1 is 1.53 bits per heavy atom. The van der Waals surface area contributed by atoms with Gasteiger partial charge in [0.1, 0.15) is 11.8 Å². The van der Waals surface area contributed by atoms with E-state index in [9.17, 15) is 4.79 Å². The highest BCUT2D eigenvalue weighted by atomic mass is 16.5. The maximum absolute atomic E-state index is 10.7. The third kappa shape index (κ3) is 1.94. The largest absolute Gasteiger partial charge is 0.493 e. The van der Waals surface area contributed by atoms with Gasteiger partial charge in [-0.15, -0.1) is 0 Å². The summed E-state index contributed by atoms with van der Waals surface area (Å²) in [5.41, 5.74) is 6.60. The molecule has 1 aromatic rings. The molecular formula is C11H13NO3. The van der Waals surface area contributed by atoms with Crippen molar-refractivity contribution in [3.63, 3.8) is 0 Å². The van der Waals surface area contributed by atoms with Crippen molar-refractivity contribution in [1.29, 1.82) is 0 Å². The van der Waals surface area contributed by atoms with Crippen LogP contribution in [0.1, 0.15) is 5.56 Å². The molecule has 15 heavy (non-hydrogen) atoms. The predicted molar refractivity (Wildman–Crippen MR) is 54.7 cm³/mol. The van der Waals surface area contributed by atoms with Crippen molar-refractivity contribution in [3.05, 3.63) is 29.8 Å². The van der Waals surface area contributed by atoms with Gasteiger partial charge in [-0.25, -0.2) is 0 Å². The van der Waals surface area contributed by atoms with Crippen molar-refractivity contribution >= 4 is 5.97 Å². The predicted octanol–water partition coefficient (Wildman–Crippen LogP) is 0.650. The van der Waals surface area contributed by atoms with Crippen molar-refractivity contribution in [2.45, 2.75) is 12.5 Å². The van der Waals surface area contributed by atoms with Crippen LogP contribution >= 0.6 is 0 Å². The lowest BCUT2D eigenvalue weighted by molar-refractivity contribution is -0.140. The SMILES string of the molecule is N[C@H](C(=O)O)[C@H]1COc2ccccc2C1. The Morgan fingerprint density at radius 2 is 2.27 bits per heavy atom. The number of para-hydroxylation sites is 1. The third-order valence-corrected chi connectivity index (χ3v) is 2.70. The lowest BCUT2D eigenvalue weighted by Gasteiger charge is -2.27. The minimum absolute atomic E-state index is 0.141. The van der Waals surface area contributed by atoms with Crippen LogP contribution in [-0.4, -0.2) is 23.7 Å². The lowest BCUT2D eigenvalue weighted by Crippen LogP contribution is -2.43. The Morgan fingerprint density at radius 3 is 3.00 bits per heavy atom. The zero-order valence-electron chi connectivity index (χ0n) is 8.22. The Kier molecular flexibility index (Phi) is 2.60. The highest BCUT2D eigenvalue weighted by Crippen LogP contribution is 2.27. The van der Waals surface area contributed by atoms with Crippen molar-refractivity contribution in [2.24, 2.45) is 11.7 Å². The molecule has 80 valence electrons. The number of hydrogen-bond acceptors (Lipinski definition) is 3. The van der Waals surface area contributed by atoms with Crippen molar-refractivity contribution in [1.82, 2.24) is 0 Å². The second-order valence-electron chi connectivity index (χ2n) is 3.75. The van der Waals surface area contributed by atoms with Crippen molar-refractivity contribution in [3.8, 4) is 5.75 Å². The van der Waals surface area contributed by atoms with Crippen LogP contribution in [0.2, 0.25) is 0 Å². The minimum Gasteiger partial charge on any atom is -0.493 e. The number of hydrogen-bond donors (Lipinski definition) is 2. The summed E-state index contributed by atoms with van der Waals surface area (Å²) in [4.78, 5) is 10.7. The number of carboxylic acids is 1. The molecule has 0 aromatic heterocycles. The molecule has 0 saturated heterocycles. The van der Waals surface area contributed by atoms with Crippen LogP contribution in [0.25, 0.3) is 0 Å². The molecule has 0 unspecified atom stereocenters. The number of nitrogens with two attached hydrogens (primary N) is 1. The van der Waals surface area contributed by atoms with E-state index in [2.05, 4.69) is 0 Å². The average Bonchev–Trinajstić information content (AvgIpc) is 2.27. The molecule has 0 spiro atoms. The fraction of sp³-hybridized carbons (Fsp3) is 0.364. The van der Waals surface area contributed by atoms with Crippen LogP contribution in [-0.2, 0) is 11.2 Å². The monoisotopic (exact) mass is 207 g/mol. The van der Waals surface area contributed by atoms with Crippen LogP contribution in [0.5, 0.6) is 5.75 Å². The zero-order valence-corrected chi connectivity index (χ0v) is 8.22. The Hall–Kier alpha value is -1.55. The standard InChI is InChI=1S/C11H13NO3/c12-10(11(13)14)8-5-7-3-1-2-4-9(7)15-6-8/h1-4,8,10H,5-6,12H2,(H,13,14)/t8-,10+/m1/s1. The van der Waals surface area contributed by atoms with Crippen LogP contribution in [0.15, 0.2) is 24.3 Å². The molecule has 0 aliphatic carbocycles. The number of benzene rings is 1. The molecule has 1 aliphatic rings. The summed E-state index contributed by atoms with van der Waals surface area (Å²) < 4.78 is 5.46. The number of fused-ring (bicyclic) bond motifs is 1. The third-order valence-electron chi connectivity index (χ3n) is 2.70. The van der Waals surface area contributed by atoms with E-state index in [0.29, 0.717) is 13.0 Å². The molecule has 0 amide bonds. The van der Waals surface area contributed by atoms with Gasteiger partial charge >= 0.3 is 5.97 Å². The second-order valence-corrected chi connectivity index (χ2v) is 3.75. The summed E-state index contributed by atoms with van der Waals surface area (Å²) in [6, 6.07) is 6.79. The fourth-order valence-electron chi connectivity index (χ4n) is 1.78. The van der Waals surface area contributed by atoms with Gasteiger partial charge < -0.3 is 15.6 Å². The zero-order chi connectivity index (χ0) is 10.8. The molecule has 2 atom stereocenters. The van der Waals surface area contributed by atoms with Gasteiger partial charge in [0.25, 0.3) is 0 Å². The minimum atomic E-state index is -0.969. The molecule has 3 N–H and O–H groups in total. The molecule has 1 aromatic carbocycles. The molecule has 1 heterocycles. The number of ether oxygens (including phenoxy) is 1. The summed E-state index contributed by atoms with van der Waals surface area (Å²) in [6.07, 6.45) is 0.670. The van der Waals surface area contributed by atoms with Gasteiger partial charge in [-0.2, -0.15) is 0 Å². The number of carbonyl (C=O) groups is 1. The Bertz CT molecular complexity index is 378. The van der Waals surface area contributed by atoms with E-state index in [1.54, 1.807) is 0 Å². The lowest BCUT2D eigenvalue weighted by atomic mass is 9.91. The van der Waals surface area contributed by atoms with Gasteiger partial charge in [-0.3, -0.25) is 4.79 Å². The summed E-state index contributed by atoms with van der Waals surface area (Å²) in [5, 5.41) is 8.80. The summed E-state index contributed by atoms with van der Waals surface area (Å²) in [6.45, 7) is 0.379. The summed E-state index contributed by atoms with van der Waals surface area (Å²) in [7, 11) is 0. The van der Waals surface area contributed by atoms with Gasteiger partial charge in [-0.1, -0.05) is 18.2 Å². The van der Waals surface area contributed by atoms with Crippen LogP contribution in [0, 0.1) is 5.92 Å². The van der Waals surface area contributed by atoms with E-state index >= 15 is 0 Å². The molecule has 4 nitrogen and oxygen atoms in total.